The van der Waals surface area contributed by atoms with E-state index in [2.05, 4.69) is 63.6 Å². The molecule has 0 aromatic heterocycles. The average molecular weight is 251 g/mol. The zero-order chi connectivity index (χ0) is 12.4. The molecule has 0 fully saturated rings. The Morgan fingerprint density at radius 2 is 1.50 bits per heavy atom. The Morgan fingerprint density at radius 1 is 0.875 bits per heavy atom. The highest BCUT2D eigenvalue weighted by Gasteiger charge is 2.21. The Morgan fingerprint density at radius 3 is 2.00 bits per heavy atom. The lowest BCUT2D eigenvalue weighted by molar-refractivity contribution is 1.22. The maximum absolute atomic E-state index is 2.49. The number of hydrogen-bond acceptors (Lipinski definition) is 0. The van der Waals surface area contributed by atoms with Crippen molar-refractivity contribution in [1.82, 2.24) is 0 Å². The monoisotopic (exact) mass is 250 g/mol. The van der Waals surface area contributed by atoms with Crippen molar-refractivity contribution < 1.29 is 0 Å². The molecule has 0 aromatic rings. The second-order valence-corrected chi connectivity index (χ2v) is 17.0. The smallest absolute Gasteiger partial charge is 0.0771 e. The van der Waals surface area contributed by atoms with Gasteiger partial charge in [-0.2, -0.15) is 0 Å². The first-order valence-electron chi connectivity index (χ1n) is 6.28. The van der Waals surface area contributed by atoms with E-state index in [0.717, 1.165) is 6.42 Å². The Hall–Kier alpha value is -0.346. The van der Waals surface area contributed by atoms with E-state index in [1.54, 1.807) is 10.4 Å². The summed E-state index contributed by atoms with van der Waals surface area (Å²) in [6.45, 7) is 14.7. The third-order valence-corrected chi connectivity index (χ3v) is 7.61. The molecule has 0 N–H and O–H groups in total. The highest BCUT2D eigenvalue weighted by atomic mass is 28.3. The largest absolute Gasteiger partial charge is 0.0851 e. The van der Waals surface area contributed by atoms with Crippen LogP contribution in [-0.2, 0) is 0 Å². The second kappa shape index (κ2) is 4.88. The lowest BCUT2D eigenvalue weighted by atomic mass is 10.2. The minimum Gasteiger partial charge on any atom is -0.0851 e. The van der Waals surface area contributed by atoms with Crippen LogP contribution in [0.3, 0.4) is 0 Å². The van der Waals surface area contributed by atoms with Gasteiger partial charge in [0.15, 0.2) is 0 Å². The topological polar surface area (TPSA) is 0 Å². The highest BCUT2D eigenvalue weighted by molar-refractivity contribution is 6.84. The van der Waals surface area contributed by atoms with Crippen LogP contribution in [0.5, 0.6) is 0 Å². The van der Waals surface area contributed by atoms with Crippen LogP contribution in [0, 0.1) is 0 Å². The Kier molecular flexibility index (Phi) is 4.19. The first-order chi connectivity index (χ1) is 7.21. The molecule has 0 unspecified atom stereocenters. The molecule has 1 aliphatic carbocycles. The molecule has 0 heterocycles. The van der Waals surface area contributed by atoms with Crippen molar-refractivity contribution in [2.45, 2.75) is 52.1 Å². The SMILES string of the molecule is C[Si](C)(C)C1=CCC([Si](C)(C)C)=CCC=C1. The summed E-state index contributed by atoms with van der Waals surface area (Å²) in [6.07, 6.45) is 12.0. The summed E-state index contributed by atoms with van der Waals surface area (Å²) in [7, 11) is -2.24. The van der Waals surface area contributed by atoms with Gasteiger partial charge in [0, 0.05) is 0 Å². The van der Waals surface area contributed by atoms with Gasteiger partial charge in [-0.25, -0.2) is 0 Å². The van der Waals surface area contributed by atoms with Crippen LogP contribution < -0.4 is 0 Å². The highest BCUT2D eigenvalue weighted by Crippen LogP contribution is 2.25. The van der Waals surface area contributed by atoms with Crippen LogP contribution >= 0.6 is 0 Å². The van der Waals surface area contributed by atoms with Crippen LogP contribution in [0.4, 0.5) is 0 Å². The molecule has 0 saturated heterocycles. The fourth-order valence-corrected chi connectivity index (χ4v) is 4.72. The first kappa shape index (κ1) is 13.7. The number of rotatable bonds is 2. The van der Waals surface area contributed by atoms with Crippen LogP contribution in [0.2, 0.25) is 39.3 Å². The molecule has 2 heteroatoms. The number of hydrogen-bond donors (Lipinski definition) is 0. The lowest BCUT2D eigenvalue weighted by Gasteiger charge is -2.24. The molecule has 0 spiro atoms. The van der Waals surface area contributed by atoms with E-state index in [4.69, 9.17) is 0 Å². The predicted octanol–water partition coefficient (Wildman–Crippen LogP) is 4.94. The Balaban J connectivity index is 2.96. The second-order valence-electron chi connectivity index (χ2n) is 6.73. The van der Waals surface area contributed by atoms with Gasteiger partial charge in [-0.3, -0.25) is 0 Å². The first-order valence-corrected chi connectivity index (χ1v) is 13.3. The zero-order valence-corrected chi connectivity index (χ0v) is 13.7. The maximum atomic E-state index is 2.49. The van der Waals surface area contributed by atoms with Crippen molar-refractivity contribution in [2.24, 2.45) is 0 Å². The van der Waals surface area contributed by atoms with Gasteiger partial charge >= 0.3 is 0 Å². The molecule has 1 aliphatic rings. The van der Waals surface area contributed by atoms with Gasteiger partial charge < -0.3 is 0 Å². The predicted molar refractivity (Wildman–Crippen MR) is 81.2 cm³/mol. The molecule has 0 saturated carbocycles. The zero-order valence-electron chi connectivity index (χ0n) is 11.7. The molecule has 0 nitrogen and oxygen atoms in total. The van der Waals surface area contributed by atoms with E-state index in [-0.39, 0.29) is 0 Å². The molecule has 16 heavy (non-hydrogen) atoms. The summed E-state index contributed by atoms with van der Waals surface area (Å²) < 4.78 is 0. The Labute approximate surface area is 103 Å². The van der Waals surface area contributed by atoms with Gasteiger partial charge in [0.05, 0.1) is 16.1 Å². The summed E-state index contributed by atoms with van der Waals surface area (Å²) in [5, 5.41) is 3.34. The Bertz CT molecular complexity index is 333. The van der Waals surface area contributed by atoms with Crippen LogP contribution in [0.25, 0.3) is 0 Å². The van der Waals surface area contributed by atoms with Crippen molar-refractivity contribution in [3.8, 4) is 0 Å². The van der Waals surface area contributed by atoms with Crippen molar-refractivity contribution >= 4 is 16.1 Å². The van der Waals surface area contributed by atoms with E-state index in [0.29, 0.717) is 0 Å². The number of allylic oxidation sites excluding steroid dienone is 6. The van der Waals surface area contributed by atoms with E-state index in [9.17, 15) is 0 Å². The van der Waals surface area contributed by atoms with Gasteiger partial charge in [-0.05, 0) is 12.8 Å². The van der Waals surface area contributed by atoms with Crippen molar-refractivity contribution in [2.75, 3.05) is 0 Å². The molecule has 0 aliphatic heterocycles. The van der Waals surface area contributed by atoms with Crippen LogP contribution in [-0.4, -0.2) is 16.1 Å². The summed E-state index contributed by atoms with van der Waals surface area (Å²) >= 11 is 0. The molecular formula is C14H26Si2. The molecule has 1 rings (SSSR count). The third kappa shape index (κ3) is 3.91. The molecular weight excluding hydrogens is 224 g/mol. The van der Waals surface area contributed by atoms with Crippen LogP contribution in [0.1, 0.15) is 12.8 Å². The van der Waals surface area contributed by atoms with Crippen molar-refractivity contribution in [3.63, 3.8) is 0 Å². The summed E-state index contributed by atoms with van der Waals surface area (Å²) in [4.78, 5) is 0. The lowest BCUT2D eigenvalue weighted by Crippen LogP contribution is -2.26. The molecule has 0 bridgehead atoms. The van der Waals surface area contributed by atoms with Gasteiger partial charge in [0.1, 0.15) is 0 Å². The summed E-state index contributed by atoms with van der Waals surface area (Å²) in [5.74, 6) is 0. The van der Waals surface area contributed by atoms with E-state index in [1.165, 1.54) is 6.42 Å². The van der Waals surface area contributed by atoms with Gasteiger partial charge in [0.25, 0.3) is 0 Å². The molecule has 0 radical (unpaired) electrons. The van der Waals surface area contributed by atoms with Gasteiger partial charge in [0.2, 0.25) is 0 Å². The van der Waals surface area contributed by atoms with E-state index < -0.39 is 16.1 Å². The molecule has 0 atom stereocenters. The van der Waals surface area contributed by atoms with Crippen molar-refractivity contribution in [3.05, 3.63) is 34.7 Å². The van der Waals surface area contributed by atoms with Crippen molar-refractivity contribution in [1.29, 1.82) is 0 Å². The fraction of sp³-hybridized carbons (Fsp3) is 0.571. The molecule has 0 amide bonds. The maximum Gasteiger partial charge on any atom is 0.0771 e. The third-order valence-electron chi connectivity index (χ3n) is 3.17. The minimum absolute atomic E-state index is 1.10. The average Bonchev–Trinajstić information content (AvgIpc) is 1.96. The van der Waals surface area contributed by atoms with E-state index >= 15 is 0 Å². The van der Waals surface area contributed by atoms with Gasteiger partial charge in [-0.1, -0.05) is 74.0 Å². The quantitative estimate of drug-likeness (QED) is 0.609. The van der Waals surface area contributed by atoms with Gasteiger partial charge in [-0.15, -0.1) is 0 Å². The molecule has 90 valence electrons. The molecule has 0 aromatic carbocycles. The fourth-order valence-electron chi connectivity index (χ4n) is 1.95. The normalized spacial score (nSPS) is 18.6. The summed E-state index contributed by atoms with van der Waals surface area (Å²) in [5.41, 5.74) is 0. The minimum atomic E-state index is -1.14. The van der Waals surface area contributed by atoms with Crippen LogP contribution in [0.15, 0.2) is 34.7 Å². The standard InChI is InChI=1S/C14H26Si2/c1-15(2,3)13-9-7-8-10-14(12-11-13)16(4,5)6/h7,9-11H,8,12H2,1-6H3. The van der Waals surface area contributed by atoms with E-state index in [1.807, 2.05) is 0 Å². The summed E-state index contributed by atoms with van der Waals surface area (Å²) in [6, 6.07) is 0.